The standard InChI is InChI=1S/C16H19O6P/c1-12(20-2)21-14-7-9-16(10-8-14)22-15-5-3-13(4-6-15)11-23(17,18)19/h3-10,12H,11H2,1-2H3,(H2,17,18,19). The quantitative estimate of drug-likeness (QED) is 0.593. The Balaban J connectivity index is 1.98. The van der Waals surface area contributed by atoms with Crippen LogP contribution in [-0.4, -0.2) is 23.2 Å². The van der Waals surface area contributed by atoms with E-state index in [0.29, 0.717) is 22.8 Å². The average molecular weight is 338 g/mol. The smallest absolute Gasteiger partial charge is 0.329 e. The van der Waals surface area contributed by atoms with E-state index in [1.165, 1.54) is 0 Å². The molecule has 0 saturated carbocycles. The third-order valence-corrected chi connectivity index (χ3v) is 3.78. The van der Waals surface area contributed by atoms with Gasteiger partial charge in [0, 0.05) is 7.11 Å². The van der Waals surface area contributed by atoms with Crippen LogP contribution in [-0.2, 0) is 15.5 Å². The van der Waals surface area contributed by atoms with Crippen LogP contribution in [0, 0.1) is 0 Å². The van der Waals surface area contributed by atoms with Gasteiger partial charge in [0.15, 0.2) is 6.29 Å². The molecule has 1 atom stereocenters. The molecule has 0 amide bonds. The number of ether oxygens (including phenoxy) is 3. The molecule has 0 aliphatic carbocycles. The zero-order chi connectivity index (χ0) is 16.9. The van der Waals surface area contributed by atoms with Crippen LogP contribution in [0.5, 0.6) is 17.2 Å². The number of rotatable bonds is 7. The molecule has 2 rings (SSSR count). The molecule has 6 nitrogen and oxygen atoms in total. The molecule has 2 aromatic carbocycles. The van der Waals surface area contributed by atoms with Gasteiger partial charge in [0.1, 0.15) is 17.2 Å². The van der Waals surface area contributed by atoms with Gasteiger partial charge in [-0.25, -0.2) is 0 Å². The third-order valence-electron chi connectivity index (χ3n) is 3.01. The van der Waals surface area contributed by atoms with Crippen molar-refractivity contribution in [2.45, 2.75) is 19.4 Å². The lowest BCUT2D eigenvalue weighted by molar-refractivity contribution is -0.0383. The molecule has 0 aromatic heterocycles. The predicted octanol–water partition coefficient (Wildman–Crippen LogP) is 3.53. The van der Waals surface area contributed by atoms with Crippen LogP contribution in [0.25, 0.3) is 0 Å². The van der Waals surface area contributed by atoms with Crippen molar-refractivity contribution in [3.63, 3.8) is 0 Å². The van der Waals surface area contributed by atoms with E-state index in [1.807, 2.05) is 0 Å². The molecule has 7 heteroatoms. The fourth-order valence-corrected chi connectivity index (χ4v) is 2.55. The molecule has 0 spiro atoms. The predicted molar refractivity (Wildman–Crippen MR) is 85.8 cm³/mol. The molecular formula is C16H19O6P. The fraction of sp³-hybridized carbons (Fsp3) is 0.250. The van der Waals surface area contributed by atoms with Crippen LogP contribution in [0.15, 0.2) is 48.5 Å². The van der Waals surface area contributed by atoms with E-state index < -0.39 is 7.60 Å². The van der Waals surface area contributed by atoms with Gasteiger partial charge >= 0.3 is 7.60 Å². The SMILES string of the molecule is COC(C)Oc1ccc(Oc2ccc(CP(=O)(O)O)cc2)cc1. The van der Waals surface area contributed by atoms with Crippen LogP contribution in [0.2, 0.25) is 0 Å². The summed E-state index contributed by atoms with van der Waals surface area (Å²) in [6, 6.07) is 13.7. The molecule has 2 aromatic rings. The topological polar surface area (TPSA) is 85.2 Å². The van der Waals surface area contributed by atoms with Crippen molar-refractivity contribution in [3.05, 3.63) is 54.1 Å². The Labute approximate surface area is 134 Å². The number of hydrogen-bond donors (Lipinski definition) is 2. The van der Waals surface area contributed by atoms with Gasteiger partial charge < -0.3 is 24.0 Å². The molecule has 0 heterocycles. The lowest BCUT2D eigenvalue weighted by Crippen LogP contribution is -2.13. The van der Waals surface area contributed by atoms with Crippen LogP contribution in [0.3, 0.4) is 0 Å². The highest BCUT2D eigenvalue weighted by atomic mass is 31.2. The monoisotopic (exact) mass is 338 g/mol. The van der Waals surface area contributed by atoms with E-state index in [1.54, 1.807) is 62.6 Å². The van der Waals surface area contributed by atoms with Gasteiger partial charge in [0.05, 0.1) is 6.16 Å². The molecule has 0 bridgehead atoms. The Kier molecular flexibility index (Phi) is 5.80. The van der Waals surface area contributed by atoms with Crippen molar-refractivity contribution in [2.75, 3.05) is 7.11 Å². The first kappa shape index (κ1) is 17.5. The molecule has 2 N–H and O–H groups in total. The Morgan fingerprint density at radius 1 is 0.957 bits per heavy atom. The highest BCUT2D eigenvalue weighted by molar-refractivity contribution is 7.50. The summed E-state index contributed by atoms with van der Waals surface area (Å²) in [6.45, 7) is 1.80. The highest BCUT2D eigenvalue weighted by Gasteiger charge is 2.13. The van der Waals surface area contributed by atoms with E-state index in [-0.39, 0.29) is 12.5 Å². The molecule has 0 radical (unpaired) electrons. The van der Waals surface area contributed by atoms with Gasteiger partial charge in [0.2, 0.25) is 0 Å². The average Bonchev–Trinajstić information content (AvgIpc) is 2.49. The van der Waals surface area contributed by atoms with Gasteiger partial charge in [-0.1, -0.05) is 12.1 Å². The summed E-state index contributed by atoms with van der Waals surface area (Å²) in [5.74, 6) is 1.88. The van der Waals surface area contributed by atoms with Crippen molar-refractivity contribution in [1.29, 1.82) is 0 Å². The molecule has 1 unspecified atom stereocenters. The fourth-order valence-electron chi connectivity index (χ4n) is 1.86. The second-order valence-electron chi connectivity index (χ2n) is 4.96. The van der Waals surface area contributed by atoms with Crippen LogP contribution >= 0.6 is 7.60 Å². The van der Waals surface area contributed by atoms with Gasteiger partial charge in [-0.3, -0.25) is 4.57 Å². The molecule has 0 fully saturated rings. The van der Waals surface area contributed by atoms with E-state index in [0.717, 1.165) is 0 Å². The minimum Gasteiger partial charge on any atom is -0.465 e. The van der Waals surface area contributed by atoms with Crippen LogP contribution in [0.1, 0.15) is 12.5 Å². The van der Waals surface area contributed by atoms with Crippen molar-refractivity contribution < 1.29 is 28.6 Å². The Morgan fingerprint density at radius 3 is 1.91 bits per heavy atom. The first-order chi connectivity index (χ1) is 10.9. The van der Waals surface area contributed by atoms with E-state index in [2.05, 4.69) is 0 Å². The molecule has 23 heavy (non-hydrogen) atoms. The van der Waals surface area contributed by atoms with Crippen molar-refractivity contribution in [3.8, 4) is 17.2 Å². The summed E-state index contributed by atoms with van der Waals surface area (Å²) in [5.41, 5.74) is 0.558. The summed E-state index contributed by atoms with van der Waals surface area (Å²) in [4.78, 5) is 17.9. The van der Waals surface area contributed by atoms with Crippen LogP contribution < -0.4 is 9.47 Å². The molecule has 0 aliphatic rings. The minimum absolute atomic E-state index is 0.281. The normalized spacial score (nSPS) is 12.7. The van der Waals surface area contributed by atoms with Crippen molar-refractivity contribution in [1.82, 2.24) is 0 Å². The molecule has 0 aliphatic heterocycles. The number of methoxy groups -OCH3 is 1. The summed E-state index contributed by atoms with van der Waals surface area (Å²) in [7, 11) is -2.49. The number of benzene rings is 2. The highest BCUT2D eigenvalue weighted by Crippen LogP contribution is 2.39. The lowest BCUT2D eigenvalue weighted by Gasteiger charge is -2.13. The zero-order valence-electron chi connectivity index (χ0n) is 12.9. The summed E-state index contributed by atoms with van der Waals surface area (Å²) >= 11 is 0. The molecule has 0 saturated heterocycles. The third kappa shape index (κ3) is 6.04. The van der Waals surface area contributed by atoms with Crippen molar-refractivity contribution in [2.24, 2.45) is 0 Å². The van der Waals surface area contributed by atoms with Gasteiger partial charge in [-0.2, -0.15) is 0 Å². The maximum absolute atomic E-state index is 10.9. The van der Waals surface area contributed by atoms with E-state index in [4.69, 9.17) is 24.0 Å². The molecule has 124 valence electrons. The van der Waals surface area contributed by atoms with Crippen LogP contribution in [0.4, 0.5) is 0 Å². The Hall–Kier alpha value is -1.85. The van der Waals surface area contributed by atoms with E-state index >= 15 is 0 Å². The number of hydrogen-bond acceptors (Lipinski definition) is 4. The summed E-state index contributed by atoms with van der Waals surface area (Å²) in [5, 5.41) is 0. The minimum atomic E-state index is -4.05. The van der Waals surface area contributed by atoms with Gasteiger partial charge in [0.25, 0.3) is 0 Å². The lowest BCUT2D eigenvalue weighted by atomic mass is 10.2. The first-order valence-corrected chi connectivity index (χ1v) is 8.76. The van der Waals surface area contributed by atoms with Gasteiger partial charge in [-0.05, 0) is 48.9 Å². The van der Waals surface area contributed by atoms with E-state index in [9.17, 15) is 4.57 Å². The second-order valence-corrected chi connectivity index (χ2v) is 6.61. The Bertz CT molecular complexity index is 662. The maximum atomic E-state index is 10.9. The molecular weight excluding hydrogens is 319 g/mol. The second kappa shape index (κ2) is 7.62. The summed E-state index contributed by atoms with van der Waals surface area (Å²) < 4.78 is 27.1. The summed E-state index contributed by atoms with van der Waals surface area (Å²) in [6.07, 6.45) is -0.611. The van der Waals surface area contributed by atoms with Crippen molar-refractivity contribution >= 4 is 7.60 Å². The zero-order valence-corrected chi connectivity index (χ0v) is 13.8. The maximum Gasteiger partial charge on any atom is 0.329 e. The van der Waals surface area contributed by atoms with Gasteiger partial charge in [-0.15, -0.1) is 0 Å². The first-order valence-electron chi connectivity index (χ1n) is 6.96. The largest absolute Gasteiger partial charge is 0.465 e. The Morgan fingerprint density at radius 2 is 1.43 bits per heavy atom.